The van der Waals surface area contributed by atoms with Crippen molar-refractivity contribution in [3.05, 3.63) is 102 Å². The molecule has 4 rings (SSSR count). The van der Waals surface area contributed by atoms with Crippen molar-refractivity contribution in [2.45, 2.75) is 13.8 Å². The zero-order chi connectivity index (χ0) is 20.9. The number of anilines is 3. The van der Waals surface area contributed by atoms with Crippen LogP contribution in [0.15, 0.2) is 85.2 Å². The van der Waals surface area contributed by atoms with E-state index in [2.05, 4.69) is 51.8 Å². The van der Waals surface area contributed by atoms with Crippen LogP contribution in [0.3, 0.4) is 0 Å². The number of aryl methyl sites for hydroxylation is 2. The highest BCUT2D eigenvalue weighted by atomic mass is 16.1. The summed E-state index contributed by atoms with van der Waals surface area (Å²) in [7, 11) is 0. The number of rotatable bonds is 5. The molecule has 0 unspecified atom stereocenters. The largest absolute Gasteiger partial charge is 0.324 e. The zero-order valence-electron chi connectivity index (χ0n) is 16.9. The summed E-state index contributed by atoms with van der Waals surface area (Å²) in [5.74, 6) is 0.311. The van der Waals surface area contributed by atoms with E-state index in [9.17, 15) is 4.79 Å². The second-order valence-electron chi connectivity index (χ2n) is 7.14. The van der Waals surface area contributed by atoms with Gasteiger partial charge in [-0.25, -0.2) is 9.97 Å². The van der Waals surface area contributed by atoms with E-state index in [1.807, 2.05) is 43.3 Å². The Morgan fingerprint density at radius 2 is 1.53 bits per heavy atom. The molecule has 0 bridgehead atoms. The fraction of sp³-hybridized carbons (Fsp3) is 0.0800. The monoisotopic (exact) mass is 394 g/mol. The van der Waals surface area contributed by atoms with Crippen molar-refractivity contribution in [1.29, 1.82) is 0 Å². The molecule has 5 nitrogen and oxygen atoms in total. The second kappa shape index (κ2) is 8.57. The lowest BCUT2D eigenvalue weighted by molar-refractivity contribution is 0.102. The van der Waals surface area contributed by atoms with Gasteiger partial charge in [-0.2, -0.15) is 0 Å². The number of nitrogens with zero attached hydrogens (tertiary/aromatic N) is 2. The first-order chi connectivity index (χ1) is 14.6. The van der Waals surface area contributed by atoms with Gasteiger partial charge in [0.1, 0.15) is 0 Å². The molecular weight excluding hydrogens is 372 g/mol. The molecule has 0 spiro atoms. The predicted octanol–water partition coefficient (Wildman–Crippen LogP) is 5.76. The Bertz CT molecular complexity index is 1170. The van der Waals surface area contributed by atoms with Gasteiger partial charge in [-0.15, -0.1) is 0 Å². The predicted molar refractivity (Wildman–Crippen MR) is 121 cm³/mol. The summed E-state index contributed by atoms with van der Waals surface area (Å²) in [5.41, 5.74) is 6.35. The smallest absolute Gasteiger partial charge is 0.255 e. The van der Waals surface area contributed by atoms with Crippen LogP contribution < -0.4 is 10.6 Å². The molecular formula is C25H22N4O. The molecule has 30 heavy (non-hydrogen) atoms. The van der Waals surface area contributed by atoms with E-state index in [0.29, 0.717) is 11.5 Å². The Morgan fingerprint density at radius 1 is 0.800 bits per heavy atom. The molecule has 0 aliphatic heterocycles. The molecule has 0 radical (unpaired) electrons. The first-order valence-corrected chi connectivity index (χ1v) is 9.72. The molecule has 148 valence electrons. The molecule has 0 atom stereocenters. The molecule has 0 saturated heterocycles. The normalized spacial score (nSPS) is 10.5. The van der Waals surface area contributed by atoms with Gasteiger partial charge >= 0.3 is 0 Å². The maximum atomic E-state index is 12.6. The first-order valence-electron chi connectivity index (χ1n) is 9.72. The lowest BCUT2D eigenvalue weighted by atomic mass is 10.1. The van der Waals surface area contributed by atoms with Crippen LogP contribution in [0.2, 0.25) is 0 Å². The summed E-state index contributed by atoms with van der Waals surface area (Å²) < 4.78 is 0. The van der Waals surface area contributed by atoms with Gasteiger partial charge in [-0.05, 0) is 49.2 Å². The van der Waals surface area contributed by atoms with Gasteiger partial charge in [0, 0.05) is 34.9 Å². The number of aromatic nitrogens is 2. The number of para-hydroxylation sites is 1. The lowest BCUT2D eigenvalue weighted by Gasteiger charge is -2.10. The summed E-state index contributed by atoms with van der Waals surface area (Å²) in [4.78, 5) is 21.4. The molecule has 2 N–H and O–H groups in total. The molecule has 1 amide bonds. The number of hydrogen-bond donors (Lipinski definition) is 2. The quantitative estimate of drug-likeness (QED) is 0.452. The van der Waals surface area contributed by atoms with Crippen LogP contribution in [-0.2, 0) is 0 Å². The van der Waals surface area contributed by atoms with E-state index >= 15 is 0 Å². The van der Waals surface area contributed by atoms with Crippen molar-refractivity contribution in [2.24, 2.45) is 0 Å². The van der Waals surface area contributed by atoms with Gasteiger partial charge in [0.05, 0.1) is 0 Å². The van der Waals surface area contributed by atoms with Gasteiger partial charge in [0.2, 0.25) is 5.95 Å². The minimum absolute atomic E-state index is 0.163. The van der Waals surface area contributed by atoms with Gasteiger partial charge in [-0.1, -0.05) is 54.1 Å². The first kappa shape index (κ1) is 19.3. The molecule has 0 aliphatic carbocycles. The topological polar surface area (TPSA) is 66.9 Å². The molecule has 5 heteroatoms. The van der Waals surface area contributed by atoms with Gasteiger partial charge < -0.3 is 10.6 Å². The average molecular weight is 394 g/mol. The standard InChI is InChI=1S/C25H22N4O/c1-17-10-12-19(13-11-17)21-15-26-25(27-16-21)28-22-8-5-7-20(14-22)24(30)29-23-9-4-3-6-18(23)2/h3-16H,1-2H3,(H,29,30)(H,26,27,28). The van der Waals surface area contributed by atoms with E-state index in [1.165, 1.54) is 5.56 Å². The Kier molecular flexibility index (Phi) is 5.52. The second-order valence-corrected chi connectivity index (χ2v) is 7.14. The van der Waals surface area contributed by atoms with Crippen LogP contribution in [-0.4, -0.2) is 15.9 Å². The number of hydrogen-bond acceptors (Lipinski definition) is 4. The molecule has 4 aromatic rings. The SMILES string of the molecule is Cc1ccc(-c2cnc(Nc3cccc(C(=O)Nc4ccccc4C)c3)nc2)cc1. The highest BCUT2D eigenvalue weighted by Crippen LogP contribution is 2.21. The Hall–Kier alpha value is -3.99. The Labute approximate surface area is 175 Å². The number of carbonyl (C=O) groups excluding carboxylic acids is 1. The minimum atomic E-state index is -0.163. The van der Waals surface area contributed by atoms with Crippen LogP contribution in [0.4, 0.5) is 17.3 Å². The Morgan fingerprint density at radius 3 is 2.27 bits per heavy atom. The van der Waals surface area contributed by atoms with Crippen LogP contribution in [0.5, 0.6) is 0 Å². The van der Waals surface area contributed by atoms with Crippen molar-refractivity contribution in [2.75, 3.05) is 10.6 Å². The van der Waals surface area contributed by atoms with E-state index in [4.69, 9.17) is 0 Å². The van der Waals surface area contributed by atoms with Gasteiger partial charge in [0.25, 0.3) is 5.91 Å². The number of benzene rings is 3. The van der Waals surface area contributed by atoms with Crippen LogP contribution in [0.25, 0.3) is 11.1 Å². The van der Waals surface area contributed by atoms with Gasteiger partial charge in [0.15, 0.2) is 0 Å². The van der Waals surface area contributed by atoms with E-state index in [1.54, 1.807) is 24.5 Å². The van der Waals surface area contributed by atoms with E-state index < -0.39 is 0 Å². The third-order valence-corrected chi connectivity index (χ3v) is 4.81. The summed E-state index contributed by atoms with van der Waals surface area (Å²) >= 11 is 0. The maximum Gasteiger partial charge on any atom is 0.255 e. The molecule has 1 heterocycles. The molecule has 0 saturated carbocycles. The summed E-state index contributed by atoms with van der Waals surface area (Å²) in [6.45, 7) is 4.02. The summed E-state index contributed by atoms with van der Waals surface area (Å²) in [5, 5.41) is 6.11. The maximum absolute atomic E-state index is 12.6. The number of nitrogens with one attached hydrogen (secondary N) is 2. The van der Waals surface area contributed by atoms with Crippen LogP contribution in [0.1, 0.15) is 21.5 Å². The van der Waals surface area contributed by atoms with Crippen molar-refractivity contribution >= 4 is 23.2 Å². The summed E-state index contributed by atoms with van der Waals surface area (Å²) in [6.07, 6.45) is 3.57. The average Bonchev–Trinajstić information content (AvgIpc) is 2.77. The highest BCUT2D eigenvalue weighted by molar-refractivity contribution is 6.05. The molecule has 0 aliphatic rings. The third kappa shape index (κ3) is 4.52. The van der Waals surface area contributed by atoms with Crippen molar-refractivity contribution in [3.8, 4) is 11.1 Å². The Balaban J connectivity index is 1.47. The van der Waals surface area contributed by atoms with E-state index in [-0.39, 0.29) is 5.91 Å². The van der Waals surface area contributed by atoms with Gasteiger partial charge in [-0.3, -0.25) is 4.79 Å². The van der Waals surface area contributed by atoms with Crippen molar-refractivity contribution in [1.82, 2.24) is 9.97 Å². The fourth-order valence-corrected chi connectivity index (χ4v) is 3.06. The third-order valence-electron chi connectivity index (χ3n) is 4.81. The summed E-state index contributed by atoms with van der Waals surface area (Å²) in [6, 6.07) is 23.2. The number of carbonyl (C=O) groups is 1. The van der Waals surface area contributed by atoms with Crippen molar-refractivity contribution < 1.29 is 4.79 Å². The van der Waals surface area contributed by atoms with Crippen molar-refractivity contribution in [3.63, 3.8) is 0 Å². The molecule has 0 fully saturated rings. The lowest BCUT2D eigenvalue weighted by Crippen LogP contribution is -2.13. The minimum Gasteiger partial charge on any atom is -0.324 e. The fourth-order valence-electron chi connectivity index (χ4n) is 3.06. The highest BCUT2D eigenvalue weighted by Gasteiger charge is 2.09. The number of amides is 1. The molecule has 1 aromatic heterocycles. The molecule has 3 aromatic carbocycles. The van der Waals surface area contributed by atoms with E-state index in [0.717, 1.165) is 28.1 Å². The zero-order valence-corrected chi connectivity index (χ0v) is 16.9. The van der Waals surface area contributed by atoms with Crippen LogP contribution >= 0.6 is 0 Å². The van der Waals surface area contributed by atoms with Crippen LogP contribution in [0, 0.1) is 13.8 Å².